The molecule has 0 fully saturated rings. The van der Waals surface area contributed by atoms with E-state index in [9.17, 15) is 8.42 Å². The molecule has 2 aromatic rings. The quantitative estimate of drug-likeness (QED) is 0.609. The third kappa shape index (κ3) is 4.25. The lowest BCUT2D eigenvalue weighted by Gasteiger charge is -2.08. The van der Waals surface area contributed by atoms with Crippen LogP contribution in [0, 0.1) is 0 Å². The van der Waals surface area contributed by atoms with Gasteiger partial charge in [0.1, 0.15) is 0 Å². The molecule has 20 heavy (non-hydrogen) atoms. The Morgan fingerprint density at radius 3 is 2.55 bits per heavy atom. The lowest BCUT2D eigenvalue weighted by atomic mass is 10.1. The van der Waals surface area contributed by atoms with Crippen LogP contribution in [0.5, 0.6) is 0 Å². The fourth-order valence-electron chi connectivity index (χ4n) is 1.75. The molecule has 2 N–H and O–H groups in total. The number of halogens is 1. The highest BCUT2D eigenvalue weighted by atomic mass is 35.5. The van der Waals surface area contributed by atoms with Crippen molar-refractivity contribution < 1.29 is 8.42 Å². The molecule has 0 radical (unpaired) electrons. The molecule has 0 saturated heterocycles. The molecule has 1 aromatic heterocycles. The number of benzene rings is 1. The van der Waals surface area contributed by atoms with Crippen molar-refractivity contribution in [3.05, 3.63) is 36.8 Å². The first kappa shape index (κ1) is 14.9. The maximum atomic E-state index is 11.8. The Balaban J connectivity index is 2.00. The van der Waals surface area contributed by atoms with Crippen molar-refractivity contribution in [1.29, 1.82) is 0 Å². The summed E-state index contributed by atoms with van der Waals surface area (Å²) in [5.41, 5.74) is 2.40. The summed E-state index contributed by atoms with van der Waals surface area (Å²) in [6.45, 7) is 0. The largest absolute Gasteiger partial charge is 0.345 e. The molecule has 108 valence electrons. The molecular formula is C13H16ClN3O2S. The maximum Gasteiger partial charge on any atom is 0.232 e. The number of rotatable bonds is 7. The number of aromatic nitrogens is 2. The zero-order valence-corrected chi connectivity index (χ0v) is 12.4. The van der Waals surface area contributed by atoms with Crippen LogP contribution in [0.4, 0.5) is 5.69 Å². The van der Waals surface area contributed by atoms with E-state index >= 15 is 0 Å². The molecule has 1 aromatic carbocycles. The van der Waals surface area contributed by atoms with E-state index in [0.717, 1.165) is 11.3 Å². The molecule has 0 unspecified atom stereocenters. The van der Waals surface area contributed by atoms with Crippen LogP contribution in [0.15, 0.2) is 36.8 Å². The molecule has 7 heteroatoms. The summed E-state index contributed by atoms with van der Waals surface area (Å²) in [6, 6.07) is 7.14. The van der Waals surface area contributed by atoms with E-state index in [1.54, 1.807) is 24.7 Å². The lowest BCUT2D eigenvalue weighted by molar-refractivity contribution is 0.598. The summed E-state index contributed by atoms with van der Waals surface area (Å²) in [6.07, 6.45) is 4.57. The SMILES string of the molecule is O=S(=O)(CCCCCl)Nc1ccc(-c2cnc[nH]2)cc1. The van der Waals surface area contributed by atoms with E-state index < -0.39 is 10.0 Å². The van der Waals surface area contributed by atoms with Gasteiger partial charge in [0, 0.05) is 11.6 Å². The normalized spacial score (nSPS) is 11.4. The zero-order chi connectivity index (χ0) is 14.4. The first-order valence-electron chi connectivity index (χ1n) is 6.26. The Morgan fingerprint density at radius 2 is 1.95 bits per heavy atom. The highest BCUT2D eigenvalue weighted by Crippen LogP contribution is 2.19. The Kier molecular flexibility index (Phi) is 5.03. The van der Waals surface area contributed by atoms with Gasteiger partial charge in [-0.2, -0.15) is 0 Å². The molecule has 0 bridgehead atoms. The molecule has 1 heterocycles. The lowest BCUT2D eigenvalue weighted by Crippen LogP contribution is -2.16. The fraction of sp³-hybridized carbons (Fsp3) is 0.308. The Morgan fingerprint density at radius 1 is 1.20 bits per heavy atom. The number of unbranched alkanes of at least 4 members (excludes halogenated alkanes) is 1. The number of nitrogens with zero attached hydrogens (tertiary/aromatic N) is 1. The minimum atomic E-state index is -3.30. The topological polar surface area (TPSA) is 74.8 Å². The predicted octanol–water partition coefficient (Wildman–Crippen LogP) is 2.84. The number of alkyl halides is 1. The summed E-state index contributed by atoms with van der Waals surface area (Å²) in [5, 5.41) is 0. The minimum absolute atomic E-state index is 0.0853. The van der Waals surface area contributed by atoms with Gasteiger partial charge >= 0.3 is 0 Å². The van der Waals surface area contributed by atoms with Crippen molar-refractivity contribution in [3.63, 3.8) is 0 Å². The highest BCUT2D eigenvalue weighted by molar-refractivity contribution is 7.92. The van der Waals surface area contributed by atoms with Gasteiger partial charge in [0.25, 0.3) is 0 Å². The van der Waals surface area contributed by atoms with Crippen LogP contribution in [-0.4, -0.2) is 30.0 Å². The van der Waals surface area contributed by atoms with Crippen molar-refractivity contribution in [2.75, 3.05) is 16.4 Å². The number of hydrogen-bond donors (Lipinski definition) is 2. The van der Waals surface area contributed by atoms with E-state index in [1.807, 2.05) is 12.1 Å². The summed E-state index contributed by atoms with van der Waals surface area (Å²) >= 11 is 5.53. The second kappa shape index (κ2) is 6.76. The van der Waals surface area contributed by atoms with Gasteiger partial charge in [-0.25, -0.2) is 13.4 Å². The smallest absolute Gasteiger partial charge is 0.232 e. The second-order valence-corrected chi connectivity index (χ2v) is 6.58. The van der Waals surface area contributed by atoms with E-state index in [4.69, 9.17) is 11.6 Å². The van der Waals surface area contributed by atoms with E-state index in [-0.39, 0.29) is 5.75 Å². The number of imidazole rings is 1. The number of anilines is 1. The Bertz CT molecular complexity index is 624. The molecule has 0 saturated carbocycles. The minimum Gasteiger partial charge on any atom is -0.345 e. The zero-order valence-electron chi connectivity index (χ0n) is 10.8. The van der Waals surface area contributed by atoms with E-state index in [2.05, 4.69) is 14.7 Å². The van der Waals surface area contributed by atoms with Gasteiger partial charge in [0.15, 0.2) is 0 Å². The molecule has 0 aliphatic carbocycles. The van der Waals surface area contributed by atoms with E-state index in [1.165, 1.54) is 0 Å². The number of aromatic amines is 1. The van der Waals surface area contributed by atoms with Gasteiger partial charge in [0.05, 0.1) is 24.0 Å². The van der Waals surface area contributed by atoms with Crippen molar-refractivity contribution in [3.8, 4) is 11.3 Å². The maximum absolute atomic E-state index is 11.8. The third-order valence-electron chi connectivity index (χ3n) is 2.76. The number of nitrogens with one attached hydrogen (secondary N) is 2. The first-order valence-corrected chi connectivity index (χ1v) is 8.45. The van der Waals surface area contributed by atoms with Crippen molar-refractivity contribution in [2.24, 2.45) is 0 Å². The molecule has 0 atom stereocenters. The predicted molar refractivity (Wildman–Crippen MR) is 81.4 cm³/mol. The van der Waals surface area contributed by atoms with Crippen LogP contribution in [0.1, 0.15) is 12.8 Å². The molecule has 0 aliphatic heterocycles. The average Bonchev–Trinajstić information content (AvgIpc) is 2.93. The number of sulfonamides is 1. The molecule has 2 rings (SSSR count). The Hall–Kier alpha value is -1.53. The standard InChI is InChI=1S/C13H16ClN3O2S/c14-7-1-2-8-20(18,19)17-12-5-3-11(4-6-12)13-9-15-10-16-13/h3-6,9-10,17H,1-2,7-8H2,(H,15,16). The van der Waals surface area contributed by atoms with Crippen LogP contribution < -0.4 is 4.72 Å². The molecule has 0 spiro atoms. The van der Waals surface area contributed by atoms with Gasteiger partial charge in [-0.05, 0) is 30.5 Å². The van der Waals surface area contributed by atoms with Gasteiger partial charge in [-0.15, -0.1) is 11.6 Å². The third-order valence-corrected chi connectivity index (χ3v) is 4.40. The van der Waals surface area contributed by atoms with Crippen LogP contribution >= 0.6 is 11.6 Å². The van der Waals surface area contributed by atoms with Gasteiger partial charge in [-0.1, -0.05) is 12.1 Å². The average molecular weight is 314 g/mol. The molecule has 0 aliphatic rings. The van der Waals surface area contributed by atoms with Crippen LogP contribution in [0.2, 0.25) is 0 Å². The highest BCUT2D eigenvalue weighted by Gasteiger charge is 2.10. The summed E-state index contributed by atoms with van der Waals surface area (Å²) in [4.78, 5) is 6.94. The van der Waals surface area contributed by atoms with Gasteiger partial charge in [0.2, 0.25) is 10.0 Å². The van der Waals surface area contributed by atoms with Crippen molar-refractivity contribution >= 4 is 27.3 Å². The van der Waals surface area contributed by atoms with Gasteiger partial charge < -0.3 is 4.98 Å². The van der Waals surface area contributed by atoms with Crippen LogP contribution in [0.3, 0.4) is 0 Å². The number of H-pyrrole nitrogens is 1. The first-order chi connectivity index (χ1) is 9.61. The van der Waals surface area contributed by atoms with Crippen molar-refractivity contribution in [2.45, 2.75) is 12.8 Å². The summed E-state index contributed by atoms with van der Waals surface area (Å²) < 4.78 is 26.2. The second-order valence-electron chi connectivity index (χ2n) is 4.36. The van der Waals surface area contributed by atoms with Crippen molar-refractivity contribution in [1.82, 2.24) is 9.97 Å². The van der Waals surface area contributed by atoms with E-state index in [0.29, 0.717) is 24.4 Å². The fourth-order valence-corrected chi connectivity index (χ4v) is 3.12. The number of hydrogen-bond acceptors (Lipinski definition) is 3. The summed E-state index contributed by atoms with van der Waals surface area (Å²) in [5.74, 6) is 0.566. The molecule has 0 amide bonds. The van der Waals surface area contributed by atoms with Crippen LogP contribution in [-0.2, 0) is 10.0 Å². The monoisotopic (exact) mass is 313 g/mol. The molecule has 5 nitrogen and oxygen atoms in total. The Labute approximate surface area is 123 Å². The summed E-state index contributed by atoms with van der Waals surface area (Å²) in [7, 11) is -3.30. The van der Waals surface area contributed by atoms with Gasteiger partial charge in [-0.3, -0.25) is 4.72 Å². The van der Waals surface area contributed by atoms with Crippen LogP contribution in [0.25, 0.3) is 11.3 Å². The molecular weight excluding hydrogens is 298 g/mol.